The van der Waals surface area contributed by atoms with Crippen molar-refractivity contribution in [3.8, 4) is 5.75 Å². The van der Waals surface area contributed by atoms with Gasteiger partial charge in [-0.05, 0) is 23.9 Å². The second kappa shape index (κ2) is 5.05. The lowest BCUT2D eigenvalue weighted by atomic mass is 10.3. The van der Waals surface area contributed by atoms with Crippen molar-refractivity contribution in [2.75, 3.05) is 18.5 Å². The van der Waals surface area contributed by atoms with Gasteiger partial charge in [-0.1, -0.05) is 24.4 Å². The molecule has 0 radical (unpaired) electrons. The third-order valence-corrected chi connectivity index (χ3v) is 4.49. The van der Waals surface area contributed by atoms with E-state index < -0.39 is 18.4 Å². The van der Waals surface area contributed by atoms with Crippen LogP contribution in [0.5, 0.6) is 5.75 Å². The fraction of sp³-hybridized carbons (Fsp3) is 0.154. The third-order valence-electron chi connectivity index (χ3n) is 3.07. The molecule has 21 heavy (non-hydrogen) atoms. The minimum atomic E-state index is -1.11. The molecule has 0 unspecified atom stereocenters. The van der Waals surface area contributed by atoms with Crippen molar-refractivity contribution in [2.24, 2.45) is 0 Å². The van der Waals surface area contributed by atoms with E-state index in [2.05, 4.69) is 0 Å². The Hall–Kier alpha value is -2.06. The second-order valence-electron chi connectivity index (χ2n) is 4.42. The van der Waals surface area contributed by atoms with E-state index in [-0.39, 0.29) is 4.32 Å². The molecule has 1 amide bonds. The number of hydrogen-bond donors (Lipinski definition) is 1. The molecule has 1 saturated heterocycles. The lowest BCUT2D eigenvalue weighted by molar-refractivity contribution is -0.140. The summed E-state index contributed by atoms with van der Waals surface area (Å²) in [5, 5.41) is 8.83. The maximum Gasteiger partial charge on any atom is 0.323 e. The van der Waals surface area contributed by atoms with Crippen molar-refractivity contribution in [2.45, 2.75) is 0 Å². The van der Waals surface area contributed by atoms with E-state index in [1.54, 1.807) is 18.0 Å². The largest absolute Gasteiger partial charge is 0.480 e. The molecule has 0 saturated carbocycles. The smallest absolute Gasteiger partial charge is 0.323 e. The number of carbonyl (C=O) groups is 2. The van der Waals surface area contributed by atoms with Gasteiger partial charge in [0.25, 0.3) is 5.91 Å². The Morgan fingerprint density at radius 1 is 1.43 bits per heavy atom. The van der Waals surface area contributed by atoms with Crippen molar-refractivity contribution in [1.82, 2.24) is 4.90 Å². The van der Waals surface area contributed by atoms with Crippen LogP contribution in [0.4, 0.5) is 5.69 Å². The number of carboxylic acid groups (broad SMARTS) is 1. The quantitative estimate of drug-likeness (QED) is 0.655. The zero-order chi connectivity index (χ0) is 15.1. The van der Waals surface area contributed by atoms with E-state index in [1.807, 2.05) is 18.2 Å². The highest BCUT2D eigenvalue weighted by Gasteiger charge is 2.39. The molecule has 1 fully saturated rings. The van der Waals surface area contributed by atoms with Gasteiger partial charge in [0.1, 0.15) is 15.8 Å². The molecule has 0 atom stereocenters. The second-order valence-corrected chi connectivity index (χ2v) is 6.06. The first-order valence-corrected chi connectivity index (χ1v) is 7.22. The van der Waals surface area contributed by atoms with Gasteiger partial charge in [0.15, 0.2) is 5.75 Å². The maximum absolute atomic E-state index is 12.3. The lowest BCUT2D eigenvalue weighted by Gasteiger charge is -2.13. The summed E-state index contributed by atoms with van der Waals surface area (Å²) >= 11 is 6.12. The molecule has 2 heterocycles. The molecule has 6 nitrogen and oxygen atoms in total. The predicted octanol–water partition coefficient (Wildman–Crippen LogP) is 1.63. The lowest BCUT2D eigenvalue weighted by Crippen LogP contribution is -2.34. The first kappa shape index (κ1) is 13.9. The number of aliphatic carboxylic acids is 1. The van der Waals surface area contributed by atoms with E-state index in [0.717, 1.165) is 22.3 Å². The summed E-state index contributed by atoms with van der Waals surface area (Å²) in [5.74, 6) is -0.525. The number of rotatable bonds is 2. The number of hydrogen-bond acceptors (Lipinski definition) is 6. The Morgan fingerprint density at radius 3 is 2.81 bits per heavy atom. The standard InChI is InChI=1S/C13H10N2O4S2/c1-14-7-4-2-3-5-8(7)19-12(14)10-11(18)15(6-9(16)17)13(20)21-10/h2-5H,6H2,1H3,(H,16,17). The molecular formula is C13H10N2O4S2. The molecule has 2 aliphatic rings. The molecule has 1 aromatic carbocycles. The van der Waals surface area contributed by atoms with Crippen molar-refractivity contribution in [1.29, 1.82) is 0 Å². The molecule has 0 aromatic heterocycles. The molecule has 3 rings (SSSR count). The van der Waals surface area contributed by atoms with Gasteiger partial charge in [-0.3, -0.25) is 14.5 Å². The monoisotopic (exact) mass is 322 g/mol. The Morgan fingerprint density at radius 2 is 2.14 bits per heavy atom. The Bertz CT molecular complexity index is 701. The number of carboxylic acids is 1. The topological polar surface area (TPSA) is 70.1 Å². The van der Waals surface area contributed by atoms with Crippen LogP contribution < -0.4 is 9.64 Å². The van der Waals surface area contributed by atoms with Crippen LogP contribution in [0.1, 0.15) is 0 Å². The van der Waals surface area contributed by atoms with E-state index >= 15 is 0 Å². The van der Waals surface area contributed by atoms with E-state index in [9.17, 15) is 9.59 Å². The number of ether oxygens (including phenoxy) is 1. The van der Waals surface area contributed by atoms with E-state index in [0.29, 0.717) is 16.5 Å². The number of carbonyl (C=O) groups excluding carboxylic acids is 1. The normalized spacial score (nSPS) is 20.8. The van der Waals surface area contributed by atoms with Crippen LogP contribution in [0.2, 0.25) is 0 Å². The van der Waals surface area contributed by atoms with Gasteiger partial charge in [0.05, 0.1) is 5.69 Å². The molecule has 2 aliphatic heterocycles. The maximum atomic E-state index is 12.3. The minimum Gasteiger partial charge on any atom is -0.480 e. The van der Waals surface area contributed by atoms with Gasteiger partial charge in [0, 0.05) is 7.05 Å². The third kappa shape index (κ3) is 2.26. The van der Waals surface area contributed by atoms with E-state index in [1.165, 1.54) is 0 Å². The molecule has 1 N–H and O–H groups in total. The van der Waals surface area contributed by atoms with Crippen LogP contribution in [0.15, 0.2) is 35.1 Å². The van der Waals surface area contributed by atoms with Gasteiger partial charge in [0.2, 0.25) is 5.88 Å². The summed E-state index contributed by atoms with van der Waals surface area (Å²) in [6, 6.07) is 7.39. The fourth-order valence-electron chi connectivity index (χ4n) is 2.10. The number of anilines is 1. The van der Waals surface area contributed by atoms with Crippen molar-refractivity contribution in [3.63, 3.8) is 0 Å². The summed E-state index contributed by atoms with van der Waals surface area (Å²) in [5.41, 5.74) is 0.844. The zero-order valence-corrected chi connectivity index (χ0v) is 12.5. The van der Waals surface area contributed by atoms with Gasteiger partial charge in [-0.25, -0.2) is 0 Å². The number of amides is 1. The Labute approximate surface area is 130 Å². The van der Waals surface area contributed by atoms with Crippen LogP contribution in [-0.4, -0.2) is 39.8 Å². The SMILES string of the molecule is CN1C(=C2SC(=S)N(CC(=O)O)C2=O)Oc2ccccc21. The number of thiocarbonyl (C=S) groups is 1. The van der Waals surface area contributed by atoms with Crippen molar-refractivity contribution >= 4 is 45.9 Å². The average Bonchev–Trinajstić information content (AvgIpc) is 2.91. The van der Waals surface area contributed by atoms with Crippen LogP contribution in [-0.2, 0) is 9.59 Å². The average molecular weight is 322 g/mol. The highest BCUT2D eigenvalue weighted by molar-refractivity contribution is 8.26. The summed E-state index contributed by atoms with van der Waals surface area (Å²) in [6.45, 7) is -0.446. The Kier molecular flexibility index (Phi) is 3.34. The molecule has 8 heteroatoms. The van der Waals surface area contributed by atoms with Gasteiger partial charge < -0.3 is 14.7 Å². The Balaban J connectivity index is 1.97. The summed E-state index contributed by atoms with van der Waals surface area (Å²) in [7, 11) is 1.78. The highest BCUT2D eigenvalue weighted by Crippen LogP contribution is 2.43. The summed E-state index contributed by atoms with van der Waals surface area (Å²) in [4.78, 5) is 26.2. The molecule has 1 aromatic rings. The first-order chi connectivity index (χ1) is 9.99. The van der Waals surface area contributed by atoms with Crippen molar-refractivity contribution in [3.05, 3.63) is 35.1 Å². The van der Waals surface area contributed by atoms with Crippen molar-refractivity contribution < 1.29 is 19.4 Å². The zero-order valence-electron chi connectivity index (χ0n) is 10.9. The fourth-order valence-corrected chi connectivity index (χ4v) is 3.39. The molecular weight excluding hydrogens is 312 g/mol. The van der Waals surface area contributed by atoms with Gasteiger partial charge >= 0.3 is 5.97 Å². The van der Waals surface area contributed by atoms with E-state index in [4.69, 9.17) is 22.1 Å². The van der Waals surface area contributed by atoms with Crippen LogP contribution in [0.25, 0.3) is 0 Å². The minimum absolute atomic E-state index is 0.220. The predicted molar refractivity (Wildman–Crippen MR) is 82.0 cm³/mol. The number of nitrogens with zero attached hydrogens (tertiary/aromatic N) is 2. The first-order valence-electron chi connectivity index (χ1n) is 5.99. The van der Waals surface area contributed by atoms with Gasteiger partial charge in [-0.15, -0.1) is 0 Å². The van der Waals surface area contributed by atoms with Crippen LogP contribution >= 0.6 is 24.0 Å². The molecule has 0 bridgehead atoms. The van der Waals surface area contributed by atoms with Gasteiger partial charge in [-0.2, -0.15) is 0 Å². The molecule has 108 valence electrons. The number of thioether (sulfide) groups is 1. The molecule has 0 spiro atoms. The molecule has 0 aliphatic carbocycles. The number of benzene rings is 1. The number of fused-ring (bicyclic) bond motifs is 1. The van der Waals surface area contributed by atoms with Crippen LogP contribution in [0.3, 0.4) is 0 Å². The summed E-state index contributed by atoms with van der Waals surface area (Å²) in [6.07, 6.45) is 0. The van der Waals surface area contributed by atoms with Crippen LogP contribution in [0, 0.1) is 0 Å². The number of para-hydroxylation sites is 2. The summed E-state index contributed by atoms with van der Waals surface area (Å²) < 4.78 is 5.93. The highest BCUT2D eigenvalue weighted by atomic mass is 32.2.